The average Bonchev–Trinajstić information content (AvgIpc) is 2.62. The molecule has 6 heteroatoms. The van der Waals surface area contributed by atoms with Gasteiger partial charge in [-0.2, -0.15) is 0 Å². The van der Waals surface area contributed by atoms with Gasteiger partial charge in [0, 0.05) is 43.0 Å². The molecule has 0 atom stereocenters. The maximum Gasteiger partial charge on any atom is 0.410 e. The third-order valence-electron chi connectivity index (χ3n) is 4.95. The lowest BCUT2D eigenvalue weighted by Crippen LogP contribution is -2.43. The molecule has 2 amide bonds. The van der Waals surface area contributed by atoms with E-state index in [1.54, 1.807) is 4.90 Å². The molecule has 1 saturated heterocycles. The van der Waals surface area contributed by atoms with Crippen LogP contribution >= 0.6 is 0 Å². The van der Waals surface area contributed by atoms with Gasteiger partial charge in [0.2, 0.25) is 5.91 Å². The number of piperidine rings is 1. The molecule has 0 spiro atoms. The lowest BCUT2D eigenvalue weighted by molar-refractivity contribution is -0.121. The van der Waals surface area contributed by atoms with E-state index in [-0.39, 0.29) is 17.9 Å². The highest BCUT2D eigenvalue weighted by Crippen LogP contribution is 2.23. The topological polar surface area (TPSA) is 61.9 Å². The number of benzene rings is 1. The molecule has 1 N–H and O–H groups in total. The monoisotopic (exact) mass is 389 g/mol. The van der Waals surface area contributed by atoms with Crippen LogP contribution in [-0.4, -0.2) is 48.2 Å². The van der Waals surface area contributed by atoms with Crippen LogP contribution < -0.4 is 10.2 Å². The Bertz CT molecular complexity index is 657. The van der Waals surface area contributed by atoms with Crippen molar-refractivity contribution in [2.45, 2.75) is 66.0 Å². The van der Waals surface area contributed by atoms with Gasteiger partial charge in [-0.05, 0) is 78.6 Å². The molecule has 0 aromatic heterocycles. The predicted molar refractivity (Wildman–Crippen MR) is 114 cm³/mol. The molecule has 0 saturated carbocycles. The zero-order valence-corrected chi connectivity index (χ0v) is 18.1. The number of rotatable bonds is 5. The van der Waals surface area contributed by atoms with Crippen molar-refractivity contribution in [1.29, 1.82) is 0 Å². The summed E-state index contributed by atoms with van der Waals surface area (Å²) in [7, 11) is 0. The molecule has 0 aliphatic carbocycles. The van der Waals surface area contributed by atoms with Crippen LogP contribution in [0.4, 0.5) is 16.2 Å². The van der Waals surface area contributed by atoms with Crippen LogP contribution in [0.5, 0.6) is 0 Å². The number of nitrogens with zero attached hydrogens (tertiary/aromatic N) is 2. The average molecular weight is 390 g/mol. The fourth-order valence-electron chi connectivity index (χ4n) is 3.48. The Labute approximate surface area is 169 Å². The van der Waals surface area contributed by atoms with E-state index < -0.39 is 5.60 Å². The highest BCUT2D eigenvalue weighted by atomic mass is 16.6. The van der Waals surface area contributed by atoms with Crippen molar-refractivity contribution < 1.29 is 14.3 Å². The Kier molecular flexibility index (Phi) is 7.33. The van der Waals surface area contributed by atoms with E-state index in [2.05, 4.69) is 31.0 Å². The molecule has 1 fully saturated rings. The van der Waals surface area contributed by atoms with Crippen LogP contribution in [0.2, 0.25) is 0 Å². The number of likely N-dealkylation sites (tertiary alicyclic amines) is 1. The number of hydrogen-bond donors (Lipinski definition) is 1. The van der Waals surface area contributed by atoms with E-state index in [1.807, 2.05) is 45.0 Å². The molecule has 6 nitrogen and oxygen atoms in total. The highest BCUT2D eigenvalue weighted by molar-refractivity contribution is 5.92. The van der Waals surface area contributed by atoms with Crippen molar-refractivity contribution in [2.24, 2.45) is 5.92 Å². The standard InChI is InChI=1S/C22H35N3O3/c1-7-25(16(2)3)19-10-8-18(9-11-19)23-20(26)17-12-14-24(15-13-17)21(27)28-22(4,5)6/h8-11,16-17H,7,12-15H2,1-6H3,(H,23,26). The van der Waals surface area contributed by atoms with Crippen LogP contribution in [0, 0.1) is 5.92 Å². The zero-order valence-electron chi connectivity index (χ0n) is 18.1. The summed E-state index contributed by atoms with van der Waals surface area (Å²) >= 11 is 0. The van der Waals surface area contributed by atoms with Gasteiger partial charge < -0.3 is 19.9 Å². The van der Waals surface area contributed by atoms with E-state index in [4.69, 9.17) is 4.74 Å². The van der Waals surface area contributed by atoms with Gasteiger partial charge in [0.25, 0.3) is 0 Å². The molecule has 0 unspecified atom stereocenters. The second-order valence-corrected chi connectivity index (χ2v) is 8.66. The van der Waals surface area contributed by atoms with Crippen molar-refractivity contribution in [3.63, 3.8) is 0 Å². The van der Waals surface area contributed by atoms with Gasteiger partial charge in [-0.15, -0.1) is 0 Å². The molecule has 0 bridgehead atoms. The van der Waals surface area contributed by atoms with Crippen molar-refractivity contribution >= 4 is 23.4 Å². The zero-order chi connectivity index (χ0) is 20.9. The summed E-state index contributed by atoms with van der Waals surface area (Å²) in [6.07, 6.45) is 1.01. The normalized spacial score (nSPS) is 15.5. The van der Waals surface area contributed by atoms with Gasteiger partial charge in [-0.25, -0.2) is 4.79 Å². The number of hydrogen-bond acceptors (Lipinski definition) is 4. The Morgan fingerprint density at radius 1 is 1.18 bits per heavy atom. The van der Waals surface area contributed by atoms with E-state index in [0.717, 1.165) is 17.9 Å². The summed E-state index contributed by atoms with van der Waals surface area (Å²) in [6.45, 7) is 14.1. The maximum absolute atomic E-state index is 12.6. The van der Waals surface area contributed by atoms with Gasteiger partial charge in [-0.1, -0.05) is 0 Å². The first-order chi connectivity index (χ1) is 13.1. The van der Waals surface area contributed by atoms with E-state index in [0.29, 0.717) is 32.0 Å². The van der Waals surface area contributed by atoms with Gasteiger partial charge in [0.05, 0.1) is 0 Å². The fraction of sp³-hybridized carbons (Fsp3) is 0.636. The molecule has 0 radical (unpaired) electrons. The second kappa shape index (κ2) is 9.30. The number of amides is 2. The smallest absolute Gasteiger partial charge is 0.410 e. The summed E-state index contributed by atoms with van der Waals surface area (Å²) in [5, 5.41) is 3.02. The molecular formula is C22H35N3O3. The highest BCUT2D eigenvalue weighted by Gasteiger charge is 2.29. The minimum Gasteiger partial charge on any atom is -0.444 e. The van der Waals surface area contributed by atoms with Crippen LogP contribution in [-0.2, 0) is 9.53 Å². The Balaban J connectivity index is 1.87. The van der Waals surface area contributed by atoms with E-state index in [1.165, 1.54) is 0 Å². The first-order valence-electron chi connectivity index (χ1n) is 10.3. The Morgan fingerprint density at radius 2 is 1.75 bits per heavy atom. The third-order valence-corrected chi connectivity index (χ3v) is 4.95. The third kappa shape index (κ3) is 6.14. The molecule has 1 aromatic carbocycles. The van der Waals surface area contributed by atoms with Crippen LogP contribution in [0.15, 0.2) is 24.3 Å². The molecule has 1 aromatic rings. The minimum atomic E-state index is -0.500. The summed E-state index contributed by atoms with van der Waals surface area (Å²) < 4.78 is 5.41. The quantitative estimate of drug-likeness (QED) is 0.805. The molecular weight excluding hydrogens is 354 g/mol. The van der Waals surface area contributed by atoms with E-state index >= 15 is 0 Å². The number of anilines is 2. The van der Waals surface area contributed by atoms with Crippen LogP contribution in [0.3, 0.4) is 0 Å². The predicted octanol–water partition coefficient (Wildman–Crippen LogP) is 4.51. The van der Waals surface area contributed by atoms with Crippen molar-refractivity contribution in [3.8, 4) is 0 Å². The molecule has 2 rings (SSSR count). The number of carbonyl (C=O) groups excluding carboxylic acids is 2. The molecule has 1 aliphatic heterocycles. The largest absolute Gasteiger partial charge is 0.444 e. The summed E-state index contributed by atoms with van der Waals surface area (Å²) in [5.41, 5.74) is 1.46. The molecule has 28 heavy (non-hydrogen) atoms. The molecule has 1 heterocycles. The Morgan fingerprint density at radius 3 is 2.21 bits per heavy atom. The Hall–Kier alpha value is -2.24. The minimum absolute atomic E-state index is 0.0211. The van der Waals surface area contributed by atoms with Gasteiger partial charge in [0.15, 0.2) is 0 Å². The van der Waals surface area contributed by atoms with Crippen LogP contribution in [0.25, 0.3) is 0 Å². The summed E-state index contributed by atoms with van der Waals surface area (Å²) in [6, 6.07) is 8.43. The van der Waals surface area contributed by atoms with Crippen molar-refractivity contribution in [3.05, 3.63) is 24.3 Å². The first-order valence-corrected chi connectivity index (χ1v) is 10.3. The number of ether oxygens (including phenoxy) is 1. The maximum atomic E-state index is 12.6. The van der Waals surface area contributed by atoms with Gasteiger partial charge in [-0.3, -0.25) is 4.79 Å². The van der Waals surface area contributed by atoms with Gasteiger partial charge >= 0.3 is 6.09 Å². The fourth-order valence-corrected chi connectivity index (χ4v) is 3.48. The summed E-state index contributed by atoms with van der Waals surface area (Å²) in [4.78, 5) is 28.7. The van der Waals surface area contributed by atoms with Crippen molar-refractivity contribution in [2.75, 3.05) is 29.9 Å². The lowest BCUT2D eigenvalue weighted by Gasteiger charge is -2.33. The van der Waals surface area contributed by atoms with Crippen LogP contribution in [0.1, 0.15) is 54.4 Å². The summed E-state index contributed by atoms with van der Waals surface area (Å²) in [5.74, 6) is -0.0611. The number of nitrogens with one attached hydrogen (secondary N) is 1. The first kappa shape index (κ1) is 22.1. The SMILES string of the molecule is CCN(c1ccc(NC(=O)C2CCN(C(=O)OC(C)(C)C)CC2)cc1)C(C)C. The van der Waals surface area contributed by atoms with E-state index in [9.17, 15) is 9.59 Å². The molecule has 1 aliphatic rings. The van der Waals surface area contributed by atoms with Crippen molar-refractivity contribution in [1.82, 2.24) is 4.90 Å². The van der Waals surface area contributed by atoms with Gasteiger partial charge in [0.1, 0.15) is 5.60 Å². The number of carbonyl (C=O) groups is 2. The second-order valence-electron chi connectivity index (χ2n) is 8.66. The molecule has 156 valence electrons. The lowest BCUT2D eigenvalue weighted by atomic mass is 9.96.